The molecule has 2 heterocycles. The highest BCUT2D eigenvalue weighted by Crippen LogP contribution is 2.20. The molecule has 0 aliphatic rings. The molecule has 64 valence electrons. The minimum atomic E-state index is -0.0128. The first kappa shape index (κ1) is 7.67. The van der Waals surface area contributed by atoms with Crippen LogP contribution in [0.15, 0.2) is 24.5 Å². The van der Waals surface area contributed by atoms with Gasteiger partial charge in [-0.2, -0.15) is 0 Å². The minimum Gasteiger partial charge on any atom is -0.504 e. The van der Waals surface area contributed by atoms with E-state index in [0.717, 1.165) is 0 Å². The van der Waals surface area contributed by atoms with Crippen molar-refractivity contribution in [3.05, 3.63) is 30.2 Å². The predicted molar refractivity (Wildman–Crippen MR) is 46.6 cm³/mol. The molecule has 0 aliphatic heterocycles. The van der Waals surface area contributed by atoms with E-state index >= 15 is 0 Å². The van der Waals surface area contributed by atoms with Gasteiger partial charge in [-0.05, 0) is 12.1 Å². The molecule has 4 nitrogen and oxygen atoms in total. The van der Waals surface area contributed by atoms with Crippen LogP contribution >= 0.6 is 0 Å². The van der Waals surface area contributed by atoms with E-state index in [1.54, 1.807) is 18.3 Å². The largest absolute Gasteiger partial charge is 0.504 e. The van der Waals surface area contributed by atoms with E-state index in [9.17, 15) is 9.90 Å². The van der Waals surface area contributed by atoms with Crippen molar-refractivity contribution < 1.29 is 9.90 Å². The van der Waals surface area contributed by atoms with Gasteiger partial charge in [-0.25, -0.2) is 4.98 Å². The summed E-state index contributed by atoms with van der Waals surface area (Å²) in [6, 6.07) is 3.27. The van der Waals surface area contributed by atoms with E-state index in [2.05, 4.69) is 9.97 Å². The van der Waals surface area contributed by atoms with Gasteiger partial charge in [-0.1, -0.05) is 0 Å². The van der Waals surface area contributed by atoms with Crippen LogP contribution in [0.25, 0.3) is 10.9 Å². The highest BCUT2D eigenvalue weighted by atomic mass is 16.3. The molecule has 0 radical (unpaired) electrons. The SMILES string of the molecule is O=Cc1ccc2cncc(O)c2n1. The molecule has 0 amide bonds. The molecular weight excluding hydrogens is 168 g/mol. The predicted octanol–water partition coefficient (Wildman–Crippen LogP) is 1.15. The Morgan fingerprint density at radius 2 is 2.15 bits per heavy atom. The molecule has 4 heteroatoms. The van der Waals surface area contributed by atoms with Crippen molar-refractivity contribution in [2.75, 3.05) is 0 Å². The average Bonchev–Trinajstić information content (AvgIpc) is 2.18. The maximum absolute atomic E-state index is 10.4. The summed E-state index contributed by atoms with van der Waals surface area (Å²) in [5.41, 5.74) is 0.702. The van der Waals surface area contributed by atoms with Gasteiger partial charge in [0.25, 0.3) is 0 Å². The lowest BCUT2D eigenvalue weighted by atomic mass is 10.2. The van der Waals surface area contributed by atoms with Crippen molar-refractivity contribution in [1.82, 2.24) is 9.97 Å². The van der Waals surface area contributed by atoms with Gasteiger partial charge in [-0.15, -0.1) is 0 Å². The quantitative estimate of drug-likeness (QED) is 0.658. The topological polar surface area (TPSA) is 63.1 Å². The van der Waals surface area contributed by atoms with Crippen molar-refractivity contribution in [2.45, 2.75) is 0 Å². The first-order valence-corrected chi connectivity index (χ1v) is 3.70. The van der Waals surface area contributed by atoms with Crippen molar-refractivity contribution in [2.24, 2.45) is 0 Å². The third kappa shape index (κ3) is 1.22. The smallest absolute Gasteiger partial charge is 0.168 e. The van der Waals surface area contributed by atoms with Gasteiger partial charge in [0, 0.05) is 11.6 Å². The van der Waals surface area contributed by atoms with E-state index in [-0.39, 0.29) is 5.75 Å². The number of aromatic nitrogens is 2. The summed E-state index contributed by atoms with van der Waals surface area (Å²) in [6.45, 7) is 0. The van der Waals surface area contributed by atoms with Gasteiger partial charge in [0.05, 0.1) is 6.20 Å². The molecule has 0 aliphatic carbocycles. The highest BCUT2D eigenvalue weighted by Gasteiger charge is 2.01. The fourth-order valence-electron chi connectivity index (χ4n) is 1.11. The second kappa shape index (κ2) is 2.82. The summed E-state index contributed by atoms with van der Waals surface area (Å²) in [6.07, 6.45) is 3.51. The van der Waals surface area contributed by atoms with Gasteiger partial charge in [0.15, 0.2) is 12.0 Å². The van der Waals surface area contributed by atoms with Crippen molar-refractivity contribution in [3.8, 4) is 5.75 Å². The molecule has 2 aromatic rings. The number of hydrogen-bond acceptors (Lipinski definition) is 4. The first-order chi connectivity index (χ1) is 6.31. The number of carbonyl (C=O) groups is 1. The number of nitrogens with zero attached hydrogens (tertiary/aromatic N) is 2. The van der Waals surface area contributed by atoms with E-state index in [4.69, 9.17) is 0 Å². The Morgan fingerprint density at radius 3 is 2.92 bits per heavy atom. The molecule has 0 saturated carbocycles. The number of pyridine rings is 2. The molecule has 2 rings (SSSR count). The van der Waals surface area contributed by atoms with Crippen LogP contribution in [0.5, 0.6) is 5.75 Å². The molecule has 0 bridgehead atoms. The summed E-state index contributed by atoms with van der Waals surface area (Å²) >= 11 is 0. The molecule has 0 aromatic carbocycles. The van der Waals surface area contributed by atoms with Gasteiger partial charge < -0.3 is 5.11 Å². The lowest BCUT2D eigenvalue weighted by Gasteiger charge is -1.98. The first-order valence-electron chi connectivity index (χ1n) is 3.70. The van der Waals surface area contributed by atoms with E-state index in [0.29, 0.717) is 22.9 Å². The summed E-state index contributed by atoms with van der Waals surface area (Å²) in [5, 5.41) is 10.1. The normalized spacial score (nSPS) is 10.2. The fraction of sp³-hybridized carbons (Fsp3) is 0. The van der Waals surface area contributed by atoms with Crippen molar-refractivity contribution >= 4 is 17.2 Å². The Labute approximate surface area is 73.9 Å². The summed E-state index contributed by atoms with van der Waals surface area (Å²) in [5.74, 6) is -0.0128. The number of aldehydes is 1. The third-order valence-electron chi connectivity index (χ3n) is 1.72. The van der Waals surface area contributed by atoms with Crippen molar-refractivity contribution in [1.29, 1.82) is 0 Å². The molecule has 1 N–H and O–H groups in total. The van der Waals surface area contributed by atoms with Gasteiger partial charge in [0.2, 0.25) is 0 Å². The minimum absolute atomic E-state index is 0.0128. The van der Waals surface area contributed by atoms with Crippen molar-refractivity contribution in [3.63, 3.8) is 0 Å². The number of carbonyl (C=O) groups excluding carboxylic acids is 1. The second-order valence-electron chi connectivity index (χ2n) is 2.58. The van der Waals surface area contributed by atoms with E-state index in [1.165, 1.54) is 6.20 Å². The molecular formula is C9H6N2O2. The zero-order valence-electron chi connectivity index (χ0n) is 6.64. The van der Waals surface area contributed by atoms with Gasteiger partial charge in [-0.3, -0.25) is 9.78 Å². The summed E-state index contributed by atoms with van der Waals surface area (Å²) in [4.78, 5) is 18.1. The van der Waals surface area contributed by atoms with Crippen LogP contribution in [0.3, 0.4) is 0 Å². The molecule has 2 aromatic heterocycles. The molecule has 0 spiro atoms. The number of fused-ring (bicyclic) bond motifs is 1. The Hall–Kier alpha value is -1.97. The molecule has 0 atom stereocenters. The zero-order valence-corrected chi connectivity index (χ0v) is 6.64. The Morgan fingerprint density at radius 1 is 1.31 bits per heavy atom. The summed E-state index contributed by atoms with van der Waals surface area (Å²) in [7, 11) is 0. The Bertz CT molecular complexity index is 468. The number of aromatic hydroxyl groups is 1. The molecule has 0 saturated heterocycles. The number of rotatable bonds is 1. The average molecular weight is 174 g/mol. The molecule has 0 unspecified atom stereocenters. The van der Waals surface area contributed by atoms with Crippen LogP contribution in [-0.4, -0.2) is 21.4 Å². The van der Waals surface area contributed by atoms with Crippen LogP contribution in [0.2, 0.25) is 0 Å². The van der Waals surface area contributed by atoms with Crippen LogP contribution in [0.1, 0.15) is 10.5 Å². The summed E-state index contributed by atoms with van der Waals surface area (Å²) < 4.78 is 0. The lowest BCUT2D eigenvalue weighted by Crippen LogP contribution is -1.88. The Balaban J connectivity index is 2.81. The van der Waals surface area contributed by atoms with Crippen LogP contribution in [0, 0.1) is 0 Å². The fourth-order valence-corrected chi connectivity index (χ4v) is 1.11. The zero-order chi connectivity index (χ0) is 9.26. The van der Waals surface area contributed by atoms with E-state index < -0.39 is 0 Å². The second-order valence-corrected chi connectivity index (χ2v) is 2.58. The van der Waals surface area contributed by atoms with Gasteiger partial charge in [0.1, 0.15) is 11.2 Å². The molecule has 0 fully saturated rings. The van der Waals surface area contributed by atoms with E-state index in [1.807, 2.05) is 0 Å². The number of hydrogen-bond donors (Lipinski definition) is 1. The third-order valence-corrected chi connectivity index (χ3v) is 1.72. The maximum Gasteiger partial charge on any atom is 0.168 e. The van der Waals surface area contributed by atoms with Crippen LogP contribution in [0.4, 0.5) is 0 Å². The maximum atomic E-state index is 10.4. The van der Waals surface area contributed by atoms with Crippen LogP contribution in [-0.2, 0) is 0 Å². The monoisotopic (exact) mass is 174 g/mol. The van der Waals surface area contributed by atoms with Gasteiger partial charge >= 0.3 is 0 Å². The lowest BCUT2D eigenvalue weighted by molar-refractivity contribution is 0.111. The standard InChI is InChI=1S/C9H6N2O2/c12-5-7-2-1-6-3-10-4-8(13)9(6)11-7/h1-5,13H. The highest BCUT2D eigenvalue weighted by molar-refractivity contribution is 5.86. The van der Waals surface area contributed by atoms with Crippen LogP contribution < -0.4 is 0 Å². The molecule has 13 heavy (non-hydrogen) atoms. The Kier molecular flexibility index (Phi) is 1.66.